The van der Waals surface area contributed by atoms with Crippen molar-refractivity contribution in [3.05, 3.63) is 130 Å². The van der Waals surface area contributed by atoms with Crippen molar-refractivity contribution in [3.63, 3.8) is 0 Å². The number of amides is 2. The smallest absolute Gasteiger partial charge is 0.255 e. The highest BCUT2D eigenvalue weighted by Gasteiger charge is 2.44. The van der Waals surface area contributed by atoms with Gasteiger partial charge in [0.25, 0.3) is 5.91 Å². The van der Waals surface area contributed by atoms with Gasteiger partial charge in [-0.3, -0.25) is 9.59 Å². The van der Waals surface area contributed by atoms with Gasteiger partial charge in [0.05, 0.1) is 19.1 Å². The van der Waals surface area contributed by atoms with Gasteiger partial charge in [0, 0.05) is 17.8 Å². The average Bonchev–Trinajstić information content (AvgIpc) is 2.93. The van der Waals surface area contributed by atoms with Gasteiger partial charge in [0.1, 0.15) is 17.4 Å². The monoisotopic (exact) mass is 512 g/mol. The quantitative estimate of drug-likeness (QED) is 0.325. The second-order valence-corrected chi connectivity index (χ2v) is 9.30. The van der Waals surface area contributed by atoms with Crippen LogP contribution in [0.2, 0.25) is 0 Å². The minimum atomic E-state index is -0.804. The predicted octanol–water partition coefficient (Wildman–Crippen LogP) is 6.40. The fourth-order valence-corrected chi connectivity index (χ4v) is 4.90. The third kappa shape index (κ3) is 4.87. The summed E-state index contributed by atoms with van der Waals surface area (Å²) in [4.78, 5) is 29.4. The molecule has 5 rings (SSSR count). The Hall–Kier alpha value is -4.52. The van der Waals surface area contributed by atoms with E-state index in [9.17, 15) is 18.4 Å². The largest absolute Gasteiger partial charge is 0.497 e. The number of rotatable bonds is 6. The number of carbonyl (C=O) groups is 2. The number of ether oxygens (including phenoxy) is 1. The van der Waals surface area contributed by atoms with Gasteiger partial charge in [0.2, 0.25) is 5.91 Å². The van der Waals surface area contributed by atoms with Crippen molar-refractivity contribution < 1.29 is 23.1 Å². The fourth-order valence-electron chi connectivity index (χ4n) is 4.90. The van der Waals surface area contributed by atoms with Crippen LogP contribution in [0.5, 0.6) is 5.75 Å². The molecule has 2 amide bonds. The van der Waals surface area contributed by atoms with Crippen LogP contribution in [0.4, 0.5) is 14.5 Å². The van der Waals surface area contributed by atoms with E-state index in [4.69, 9.17) is 4.74 Å². The minimum Gasteiger partial charge on any atom is -0.497 e. The lowest BCUT2D eigenvalue weighted by Gasteiger charge is -2.42. The zero-order valence-corrected chi connectivity index (χ0v) is 20.9. The first-order valence-corrected chi connectivity index (χ1v) is 12.2. The maximum Gasteiger partial charge on any atom is 0.255 e. The summed E-state index contributed by atoms with van der Waals surface area (Å²) in [6.07, 6.45) is 0. The van der Waals surface area contributed by atoms with Gasteiger partial charge in [-0.2, -0.15) is 0 Å². The van der Waals surface area contributed by atoms with Crippen molar-refractivity contribution in [3.8, 4) is 5.75 Å². The van der Waals surface area contributed by atoms with Crippen LogP contribution in [0.15, 0.2) is 91.0 Å². The Bertz CT molecular complexity index is 1490. The number of halogens is 2. The van der Waals surface area contributed by atoms with Crippen LogP contribution in [0.25, 0.3) is 0 Å². The maximum absolute atomic E-state index is 14.3. The molecule has 2 atom stereocenters. The number of anilines is 1. The second kappa shape index (κ2) is 10.5. The summed E-state index contributed by atoms with van der Waals surface area (Å²) in [6.45, 7) is 1.81. The Kier molecular flexibility index (Phi) is 6.92. The van der Waals surface area contributed by atoms with Gasteiger partial charge in [-0.25, -0.2) is 8.78 Å². The van der Waals surface area contributed by atoms with Crippen molar-refractivity contribution >= 4 is 17.5 Å². The highest BCUT2D eigenvalue weighted by Crippen LogP contribution is 2.44. The molecule has 1 N–H and O–H groups in total. The standard InChI is InChI=1S/C31H26F2N2O3/c1-19-7-14-23(17-27(19)33)34-30(36)28-25-5-3-4-6-26(25)31(37)35(18-20-8-12-22(32)13-9-20)29(28)21-10-15-24(38-2)16-11-21/h3-17,28-29H,18H2,1-2H3,(H,34,36)/t28-,29-/m0/s1. The highest BCUT2D eigenvalue weighted by molar-refractivity contribution is 6.04. The summed E-state index contributed by atoms with van der Waals surface area (Å²) in [5, 5.41) is 2.86. The van der Waals surface area contributed by atoms with E-state index in [1.807, 2.05) is 12.1 Å². The van der Waals surface area contributed by atoms with Crippen LogP contribution in [-0.2, 0) is 11.3 Å². The molecule has 0 saturated carbocycles. The molecule has 0 radical (unpaired) electrons. The van der Waals surface area contributed by atoms with E-state index in [1.165, 1.54) is 18.2 Å². The lowest BCUT2D eigenvalue weighted by molar-refractivity contribution is -0.119. The number of nitrogens with zero attached hydrogens (tertiary/aromatic N) is 1. The van der Waals surface area contributed by atoms with Gasteiger partial charge < -0.3 is 15.0 Å². The Morgan fingerprint density at radius 2 is 1.66 bits per heavy atom. The summed E-state index contributed by atoms with van der Waals surface area (Å²) < 4.78 is 33.2. The molecule has 4 aromatic carbocycles. The molecular formula is C31H26F2N2O3. The molecule has 1 heterocycles. The van der Waals surface area contributed by atoms with E-state index in [1.54, 1.807) is 79.6 Å². The molecule has 1 aliphatic heterocycles. The topological polar surface area (TPSA) is 58.6 Å². The van der Waals surface area contributed by atoms with Gasteiger partial charge in [-0.15, -0.1) is 0 Å². The van der Waals surface area contributed by atoms with E-state index in [-0.39, 0.29) is 24.2 Å². The molecule has 0 fully saturated rings. The molecule has 7 heteroatoms. The van der Waals surface area contributed by atoms with Crippen molar-refractivity contribution in [2.24, 2.45) is 0 Å². The molecule has 0 aliphatic carbocycles. The summed E-state index contributed by atoms with van der Waals surface area (Å²) in [6, 6.07) is 24.0. The van der Waals surface area contributed by atoms with Gasteiger partial charge in [-0.1, -0.05) is 48.5 Å². The molecule has 0 spiro atoms. The molecule has 1 aliphatic rings. The van der Waals surface area contributed by atoms with Crippen LogP contribution in [0.3, 0.4) is 0 Å². The normalized spacial score (nSPS) is 16.6. The number of nitrogens with one attached hydrogen (secondary N) is 1. The van der Waals surface area contributed by atoms with Crippen LogP contribution in [-0.4, -0.2) is 23.8 Å². The lowest BCUT2D eigenvalue weighted by Crippen LogP contribution is -2.45. The van der Waals surface area contributed by atoms with Crippen LogP contribution >= 0.6 is 0 Å². The molecule has 4 aromatic rings. The van der Waals surface area contributed by atoms with E-state index < -0.39 is 17.8 Å². The van der Waals surface area contributed by atoms with E-state index in [0.717, 1.165) is 11.1 Å². The zero-order valence-electron chi connectivity index (χ0n) is 20.9. The number of aryl methyl sites for hydroxylation is 1. The number of fused-ring (bicyclic) bond motifs is 1. The predicted molar refractivity (Wildman–Crippen MR) is 141 cm³/mol. The van der Waals surface area contributed by atoms with Crippen LogP contribution in [0, 0.1) is 18.6 Å². The van der Waals surface area contributed by atoms with Gasteiger partial charge in [0.15, 0.2) is 0 Å². The lowest BCUT2D eigenvalue weighted by atomic mass is 9.79. The van der Waals surface area contributed by atoms with Crippen molar-refractivity contribution in [2.75, 3.05) is 12.4 Å². The summed E-state index contributed by atoms with van der Waals surface area (Å²) in [5.74, 6) is -1.58. The number of methoxy groups -OCH3 is 1. The Morgan fingerprint density at radius 3 is 2.34 bits per heavy atom. The van der Waals surface area contributed by atoms with E-state index >= 15 is 0 Å². The molecule has 0 aromatic heterocycles. The van der Waals surface area contributed by atoms with Crippen LogP contribution < -0.4 is 10.1 Å². The van der Waals surface area contributed by atoms with Gasteiger partial charge >= 0.3 is 0 Å². The average molecular weight is 513 g/mol. The van der Waals surface area contributed by atoms with Crippen LogP contribution in [0.1, 0.15) is 44.6 Å². The Balaban J connectivity index is 1.63. The third-order valence-corrected chi connectivity index (χ3v) is 6.88. The van der Waals surface area contributed by atoms with E-state index in [0.29, 0.717) is 28.1 Å². The molecule has 5 nitrogen and oxygen atoms in total. The van der Waals surface area contributed by atoms with E-state index in [2.05, 4.69) is 5.32 Å². The highest BCUT2D eigenvalue weighted by atomic mass is 19.1. The number of hydrogen-bond acceptors (Lipinski definition) is 3. The minimum absolute atomic E-state index is 0.160. The molecule has 192 valence electrons. The zero-order chi connectivity index (χ0) is 26.8. The first kappa shape index (κ1) is 25.1. The molecule has 0 bridgehead atoms. The number of hydrogen-bond donors (Lipinski definition) is 1. The van der Waals surface area contributed by atoms with Crippen molar-refractivity contribution in [1.29, 1.82) is 0 Å². The summed E-state index contributed by atoms with van der Waals surface area (Å²) in [7, 11) is 1.56. The van der Waals surface area contributed by atoms with Crippen molar-refractivity contribution in [2.45, 2.75) is 25.4 Å². The summed E-state index contributed by atoms with van der Waals surface area (Å²) in [5.41, 5.74) is 3.24. The first-order valence-electron chi connectivity index (χ1n) is 12.2. The molecule has 38 heavy (non-hydrogen) atoms. The number of carbonyl (C=O) groups excluding carboxylic acids is 2. The molecular weight excluding hydrogens is 486 g/mol. The number of benzene rings is 4. The Morgan fingerprint density at radius 1 is 0.947 bits per heavy atom. The molecule has 0 saturated heterocycles. The van der Waals surface area contributed by atoms with Crippen molar-refractivity contribution in [1.82, 2.24) is 4.90 Å². The molecule has 0 unspecified atom stereocenters. The maximum atomic E-state index is 14.3. The third-order valence-electron chi connectivity index (χ3n) is 6.88. The fraction of sp³-hybridized carbons (Fsp3) is 0.161. The SMILES string of the molecule is COc1ccc([C@H]2[C@@H](C(=O)Nc3ccc(C)c(F)c3)c3ccccc3C(=O)N2Cc2ccc(F)cc2)cc1. The second-order valence-electron chi connectivity index (χ2n) is 9.30. The Labute approximate surface area is 219 Å². The first-order chi connectivity index (χ1) is 18.4. The summed E-state index contributed by atoms with van der Waals surface area (Å²) >= 11 is 0. The van der Waals surface area contributed by atoms with Gasteiger partial charge in [-0.05, 0) is 71.6 Å².